The van der Waals surface area contributed by atoms with E-state index in [9.17, 15) is 4.79 Å². The zero-order chi connectivity index (χ0) is 22.1. The van der Waals surface area contributed by atoms with Crippen LogP contribution in [0, 0.1) is 6.92 Å². The molecule has 9 heteroatoms. The van der Waals surface area contributed by atoms with Crippen LogP contribution >= 0.6 is 0 Å². The number of hydrogen-bond acceptors (Lipinski definition) is 7. The molecule has 5 rings (SSSR count). The van der Waals surface area contributed by atoms with E-state index in [1.54, 1.807) is 19.6 Å². The molecule has 2 aromatic heterocycles. The van der Waals surface area contributed by atoms with Crippen molar-refractivity contribution in [1.29, 1.82) is 0 Å². The lowest BCUT2D eigenvalue weighted by Crippen LogP contribution is -2.25. The van der Waals surface area contributed by atoms with Crippen LogP contribution in [0.25, 0.3) is 16.9 Å². The molecule has 0 bridgehead atoms. The highest BCUT2D eigenvalue weighted by Gasteiger charge is 2.17. The van der Waals surface area contributed by atoms with E-state index >= 15 is 0 Å². The molecule has 1 amide bonds. The molecule has 0 saturated carbocycles. The lowest BCUT2D eigenvalue weighted by molar-refractivity contribution is -0.118. The smallest absolute Gasteiger partial charge is 0.262 e. The van der Waals surface area contributed by atoms with Gasteiger partial charge in [0.15, 0.2) is 6.61 Å². The minimum absolute atomic E-state index is 0.0244. The number of nitrogens with one attached hydrogen (secondary N) is 2. The van der Waals surface area contributed by atoms with E-state index < -0.39 is 0 Å². The molecule has 32 heavy (non-hydrogen) atoms. The van der Waals surface area contributed by atoms with E-state index in [4.69, 9.17) is 9.47 Å². The van der Waals surface area contributed by atoms with Crippen molar-refractivity contribution in [2.75, 3.05) is 24.4 Å². The number of carbonyl (C=O) groups excluding carboxylic acids is 1. The highest BCUT2D eigenvalue weighted by molar-refractivity contribution is 5.96. The number of aromatic nitrogens is 4. The summed E-state index contributed by atoms with van der Waals surface area (Å²) in [7, 11) is 1.63. The van der Waals surface area contributed by atoms with Crippen molar-refractivity contribution in [1.82, 2.24) is 19.5 Å². The zero-order valence-electron chi connectivity index (χ0n) is 17.5. The van der Waals surface area contributed by atoms with E-state index in [1.807, 2.05) is 60.2 Å². The molecule has 4 aromatic rings. The van der Waals surface area contributed by atoms with Gasteiger partial charge in [0.25, 0.3) is 5.91 Å². The molecule has 2 aromatic carbocycles. The third-order valence-electron chi connectivity index (χ3n) is 4.99. The highest BCUT2D eigenvalue weighted by atomic mass is 16.5. The third-order valence-corrected chi connectivity index (χ3v) is 4.99. The van der Waals surface area contributed by atoms with Gasteiger partial charge in [-0.2, -0.15) is 0 Å². The van der Waals surface area contributed by atoms with E-state index in [1.165, 1.54) is 0 Å². The predicted molar refractivity (Wildman–Crippen MR) is 120 cm³/mol. The number of aryl methyl sites for hydroxylation is 1. The van der Waals surface area contributed by atoms with Crippen LogP contribution in [-0.2, 0) is 4.79 Å². The molecule has 0 aliphatic carbocycles. The third kappa shape index (κ3) is 3.83. The molecule has 1 aliphatic rings. The second kappa shape index (κ2) is 8.03. The molecule has 0 radical (unpaired) electrons. The van der Waals surface area contributed by atoms with Crippen LogP contribution in [0.5, 0.6) is 11.5 Å². The molecular formula is C23H20N6O3. The quantitative estimate of drug-likeness (QED) is 0.499. The lowest BCUT2D eigenvalue weighted by atomic mass is 10.1. The number of carbonyl (C=O) groups is 1. The fraction of sp³-hybridized carbons (Fsp3) is 0.130. The Kier molecular flexibility index (Phi) is 4.91. The molecule has 0 spiro atoms. The number of nitrogens with zero attached hydrogens (tertiary/aromatic N) is 4. The number of rotatable bonds is 5. The van der Waals surface area contributed by atoms with Crippen LogP contribution < -0.4 is 20.1 Å². The maximum absolute atomic E-state index is 11.6. The molecule has 160 valence electrons. The van der Waals surface area contributed by atoms with Gasteiger partial charge in [0, 0.05) is 29.7 Å². The Bertz CT molecular complexity index is 1320. The van der Waals surface area contributed by atoms with E-state index in [0.29, 0.717) is 28.8 Å². The van der Waals surface area contributed by atoms with Gasteiger partial charge in [0.1, 0.15) is 11.5 Å². The van der Waals surface area contributed by atoms with E-state index in [2.05, 4.69) is 25.6 Å². The Hall–Kier alpha value is -4.40. The highest BCUT2D eigenvalue weighted by Crippen LogP contribution is 2.33. The van der Waals surface area contributed by atoms with Crippen molar-refractivity contribution in [3.8, 4) is 28.4 Å². The summed E-state index contributed by atoms with van der Waals surface area (Å²) >= 11 is 0. The first kappa shape index (κ1) is 19.6. The first-order valence-corrected chi connectivity index (χ1v) is 9.95. The number of methoxy groups -OCH3 is 1. The van der Waals surface area contributed by atoms with E-state index in [-0.39, 0.29) is 12.5 Å². The van der Waals surface area contributed by atoms with Gasteiger partial charge >= 0.3 is 0 Å². The number of benzene rings is 2. The van der Waals surface area contributed by atoms with Crippen molar-refractivity contribution in [2.45, 2.75) is 6.92 Å². The van der Waals surface area contributed by atoms with Crippen LogP contribution in [0.3, 0.4) is 0 Å². The minimum Gasteiger partial charge on any atom is -0.494 e. The fourth-order valence-corrected chi connectivity index (χ4v) is 3.47. The van der Waals surface area contributed by atoms with Crippen molar-refractivity contribution in [3.63, 3.8) is 0 Å². The van der Waals surface area contributed by atoms with Crippen molar-refractivity contribution < 1.29 is 14.3 Å². The molecular weight excluding hydrogens is 408 g/mol. The summed E-state index contributed by atoms with van der Waals surface area (Å²) in [5.74, 6) is 1.59. The van der Waals surface area contributed by atoms with Crippen molar-refractivity contribution >= 4 is 23.2 Å². The Morgan fingerprint density at radius 1 is 1.16 bits per heavy atom. The number of imidazole rings is 1. The van der Waals surface area contributed by atoms with Gasteiger partial charge in [0.2, 0.25) is 5.95 Å². The number of fused-ring (bicyclic) bond motifs is 1. The van der Waals surface area contributed by atoms with Crippen molar-refractivity contribution in [2.24, 2.45) is 0 Å². The Balaban J connectivity index is 1.41. The second-order valence-electron chi connectivity index (χ2n) is 7.25. The normalized spacial score (nSPS) is 12.5. The molecule has 0 saturated heterocycles. The summed E-state index contributed by atoms with van der Waals surface area (Å²) < 4.78 is 12.9. The largest absolute Gasteiger partial charge is 0.494 e. The molecule has 3 heterocycles. The van der Waals surface area contributed by atoms with Gasteiger partial charge < -0.3 is 24.7 Å². The Morgan fingerprint density at radius 3 is 2.88 bits per heavy atom. The zero-order valence-corrected chi connectivity index (χ0v) is 17.5. The second-order valence-corrected chi connectivity index (χ2v) is 7.25. The van der Waals surface area contributed by atoms with Crippen molar-refractivity contribution in [3.05, 3.63) is 66.9 Å². The van der Waals surface area contributed by atoms with Crippen LogP contribution in [0.1, 0.15) is 5.69 Å². The molecule has 9 nitrogen and oxygen atoms in total. The SMILES string of the molecule is COc1cc(Nc2nccc(-c3ccc4c(c3)NC(=O)CO4)n2)ccc1-n1cnc(C)c1. The van der Waals surface area contributed by atoms with Crippen LogP contribution in [0.15, 0.2) is 61.2 Å². The fourth-order valence-electron chi connectivity index (χ4n) is 3.47. The molecule has 0 fully saturated rings. The monoisotopic (exact) mass is 428 g/mol. The molecule has 0 atom stereocenters. The summed E-state index contributed by atoms with van der Waals surface area (Å²) in [5, 5.41) is 6.03. The first-order chi connectivity index (χ1) is 15.6. The topological polar surface area (TPSA) is 103 Å². The Labute approximate surface area is 184 Å². The van der Waals surface area contributed by atoms with Crippen LogP contribution in [-0.4, -0.2) is 39.1 Å². The lowest BCUT2D eigenvalue weighted by Gasteiger charge is -2.18. The summed E-state index contributed by atoms with van der Waals surface area (Å²) in [5.41, 5.74) is 4.76. The van der Waals surface area contributed by atoms with E-state index in [0.717, 1.165) is 22.6 Å². The van der Waals surface area contributed by atoms with Gasteiger partial charge in [-0.1, -0.05) is 0 Å². The molecule has 2 N–H and O–H groups in total. The number of hydrogen-bond donors (Lipinski definition) is 2. The number of ether oxygens (including phenoxy) is 2. The van der Waals surface area contributed by atoms with Gasteiger partial charge in [-0.15, -0.1) is 0 Å². The molecule has 0 unspecified atom stereocenters. The maximum atomic E-state index is 11.6. The number of anilines is 3. The molecule has 1 aliphatic heterocycles. The summed E-state index contributed by atoms with van der Waals surface area (Å²) in [6.45, 7) is 1.96. The summed E-state index contributed by atoms with van der Waals surface area (Å²) in [4.78, 5) is 24.8. The van der Waals surface area contributed by atoms with Gasteiger partial charge in [-0.3, -0.25) is 4.79 Å². The van der Waals surface area contributed by atoms with Gasteiger partial charge in [-0.25, -0.2) is 15.0 Å². The van der Waals surface area contributed by atoms with Crippen LogP contribution in [0.2, 0.25) is 0 Å². The average Bonchev–Trinajstić information content (AvgIpc) is 3.24. The predicted octanol–water partition coefficient (Wildman–Crippen LogP) is 3.72. The number of amides is 1. The standard InChI is InChI=1S/C23H20N6O3/c1-14-11-29(13-25-14)19-5-4-16(10-21(19)31-2)26-23-24-8-7-17(28-23)15-3-6-20-18(9-15)27-22(30)12-32-20/h3-11,13H,12H2,1-2H3,(H,27,30)(H,24,26,28). The minimum atomic E-state index is -0.178. The summed E-state index contributed by atoms with van der Waals surface area (Å²) in [6, 6.07) is 13.1. The maximum Gasteiger partial charge on any atom is 0.262 e. The van der Waals surface area contributed by atoms with Gasteiger partial charge in [0.05, 0.1) is 36.2 Å². The van der Waals surface area contributed by atoms with Crippen LogP contribution in [0.4, 0.5) is 17.3 Å². The summed E-state index contributed by atoms with van der Waals surface area (Å²) in [6.07, 6.45) is 5.36. The first-order valence-electron chi connectivity index (χ1n) is 9.95. The van der Waals surface area contributed by atoms with Gasteiger partial charge in [-0.05, 0) is 43.3 Å². The Morgan fingerprint density at radius 2 is 2.06 bits per heavy atom. The average molecular weight is 428 g/mol.